The Balaban J connectivity index is 1.55. The smallest absolute Gasteiger partial charge is 0.213 e. The zero-order chi connectivity index (χ0) is 22.9. The molecule has 0 aliphatic heterocycles. The number of carbonyl (C=O) groups is 1. The molecule has 0 unspecified atom stereocenters. The lowest BCUT2D eigenvalue weighted by atomic mass is 9.65. The van der Waals surface area contributed by atoms with Crippen molar-refractivity contribution in [1.29, 1.82) is 0 Å². The number of phenolic OH excluding ortho intramolecular Hbond substituents is 1. The van der Waals surface area contributed by atoms with Gasteiger partial charge in [0.2, 0.25) is 6.41 Å². The number of hydrogen-bond donors (Lipinski definition) is 2. The van der Waals surface area contributed by atoms with Crippen molar-refractivity contribution >= 4 is 33.8 Å². The Morgan fingerprint density at radius 3 is 2.72 bits per heavy atom. The van der Waals surface area contributed by atoms with E-state index in [0.29, 0.717) is 33.6 Å². The quantitative estimate of drug-likeness (QED) is 0.469. The number of amides is 1. The maximum absolute atomic E-state index is 14.3. The van der Waals surface area contributed by atoms with E-state index in [1.807, 2.05) is 0 Å². The van der Waals surface area contributed by atoms with Crippen LogP contribution in [0, 0.1) is 5.82 Å². The minimum atomic E-state index is -0.995. The molecule has 1 aliphatic rings. The van der Waals surface area contributed by atoms with Crippen LogP contribution in [0.3, 0.4) is 0 Å². The van der Waals surface area contributed by atoms with Crippen LogP contribution in [0.25, 0.3) is 11.3 Å². The van der Waals surface area contributed by atoms with E-state index in [9.17, 15) is 18.7 Å². The molecular weight excluding hydrogens is 484 g/mol. The van der Waals surface area contributed by atoms with Crippen LogP contribution in [0.15, 0.2) is 47.1 Å². The molecule has 3 aromatic rings. The van der Waals surface area contributed by atoms with Gasteiger partial charge in [0.25, 0.3) is 0 Å². The second kappa shape index (κ2) is 8.78. The van der Waals surface area contributed by atoms with Gasteiger partial charge in [0.05, 0.1) is 17.1 Å². The fourth-order valence-electron chi connectivity index (χ4n) is 3.92. The molecule has 7 nitrogen and oxygen atoms in total. The van der Waals surface area contributed by atoms with Gasteiger partial charge in [-0.25, -0.2) is 8.78 Å². The predicted octanol–water partition coefficient (Wildman–Crippen LogP) is 4.22. The van der Waals surface area contributed by atoms with E-state index < -0.39 is 17.4 Å². The number of anilines is 2. The topological polar surface area (TPSA) is 91.2 Å². The average Bonchev–Trinajstić information content (AvgIpc) is 2.77. The van der Waals surface area contributed by atoms with Crippen molar-refractivity contribution in [3.05, 3.63) is 58.6 Å². The Morgan fingerprint density at radius 1 is 1.31 bits per heavy atom. The molecule has 32 heavy (non-hydrogen) atoms. The molecule has 4 rings (SSSR count). The zero-order valence-electron chi connectivity index (χ0n) is 17.1. The molecule has 10 heteroatoms. The van der Waals surface area contributed by atoms with Gasteiger partial charge < -0.3 is 15.3 Å². The monoisotopic (exact) mass is 503 g/mol. The molecular formula is C22H20BrF2N5O2. The maximum atomic E-state index is 14.3. The van der Waals surface area contributed by atoms with Gasteiger partial charge in [-0.2, -0.15) is 0 Å². The number of carbonyl (C=O) groups excluding carboxylic acids is 1. The summed E-state index contributed by atoms with van der Waals surface area (Å²) in [5.41, 5.74) is 0.610. The second-order valence-corrected chi connectivity index (χ2v) is 8.73. The first-order valence-electron chi connectivity index (χ1n) is 9.86. The molecule has 1 aromatic carbocycles. The van der Waals surface area contributed by atoms with Crippen molar-refractivity contribution in [3.8, 4) is 17.0 Å². The normalized spacial score (nSPS) is 19.8. The van der Waals surface area contributed by atoms with Gasteiger partial charge >= 0.3 is 0 Å². The average molecular weight is 504 g/mol. The van der Waals surface area contributed by atoms with Crippen LogP contribution in [0.4, 0.5) is 20.3 Å². The Labute approximate surface area is 191 Å². The number of nitrogens with one attached hydrogen (secondary N) is 1. The van der Waals surface area contributed by atoms with Gasteiger partial charge in [0, 0.05) is 35.2 Å². The fraction of sp³-hybridized carbons (Fsp3) is 0.273. The number of halogens is 3. The summed E-state index contributed by atoms with van der Waals surface area (Å²) in [7, 11) is 1.53. The molecule has 1 saturated carbocycles. The van der Waals surface area contributed by atoms with Crippen LogP contribution in [-0.2, 0) is 10.2 Å². The summed E-state index contributed by atoms with van der Waals surface area (Å²) in [6.45, 7) is 0.256. The molecule has 0 saturated heterocycles. The molecule has 1 aliphatic carbocycles. The first-order chi connectivity index (χ1) is 15.3. The summed E-state index contributed by atoms with van der Waals surface area (Å²) >= 11 is 3.37. The molecule has 2 N–H and O–H groups in total. The number of rotatable bonds is 7. The van der Waals surface area contributed by atoms with Gasteiger partial charge in [-0.1, -0.05) is 15.9 Å². The fourth-order valence-corrected chi connectivity index (χ4v) is 4.37. The molecule has 0 radical (unpaired) electrons. The molecule has 0 bridgehead atoms. The maximum Gasteiger partial charge on any atom is 0.213 e. The Bertz CT molecular complexity index is 1140. The first kappa shape index (κ1) is 22.1. The van der Waals surface area contributed by atoms with Gasteiger partial charge in [-0.05, 0) is 49.2 Å². The summed E-state index contributed by atoms with van der Waals surface area (Å²) in [6.07, 6.45) is 1.45. The number of pyridine rings is 1. The van der Waals surface area contributed by atoms with Gasteiger partial charge in [0.15, 0.2) is 0 Å². The number of nitrogens with zero attached hydrogens (tertiary/aromatic N) is 4. The summed E-state index contributed by atoms with van der Waals surface area (Å²) < 4.78 is 28.7. The highest BCUT2D eigenvalue weighted by molar-refractivity contribution is 9.10. The van der Waals surface area contributed by atoms with Crippen LogP contribution >= 0.6 is 15.9 Å². The minimum absolute atomic E-state index is 0.106. The summed E-state index contributed by atoms with van der Waals surface area (Å²) in [6, 6.07) is 9.44. The molecule has 1 amide bonds. The summed E-state index contributed by atoms with van der Waals surface area (Å²) in [5.74, 6) is -0.138. The van der Waals surface area contributed by atoms with Crippen molar-refractivity contribution in [3.63, 3.8) is 0 Å². The lowest BCUT2D eigenvalue weighted by molar-refractivity contribution is -0.107. The van der Waals surface area contributed by atoms with Gasteiger partial charge in [-0.15, -0.1) is 10.2 Å². The van der Waals surface area contributed by atoms with Gasteiger partial charge in [0.1, 0.15) is 23.6 Å². The van der Waals surface area contributed by atoms with E-state index in [1.54, 1.807) is 24.3 Å². The van der Waals surface area contributed by atoms with E-state index >= 15 is 0 Å². The van der Waals surface area contributed by atoms with Crippen molar-refractivity contribution in [2.75, 3.05) is 23.8 Å². The third kappa shape index (κ3) is 4.14. The lowest BCUT2D eigenvalue weighted by Gasteiger charge is -2.44. The van der Waals surface area contributed by atoms with Crippen molar-refractivity contribution in [2.24, 2.45) is 0 Å². The third-order valence-electron chi connectivity index (χ3n) is 5.63. The number of hydrogen-bond acceptors (Lipinski definition) is 6. The number of aromatic hydroxyl groups is 1. The van der Waals surface area contributed by atoms with E-state index in [1.165, 1.54) is 30.3 Å². The number of phenols is 1. The van der Waals surface area contributed by atoms with Crippen LogP contribution in [-0.4, -0.2) is 46.5 Å². The van der Waals surface area contributed by atoms with E-state index in [2.05, 4.69) is 36.4 Å². The molecule has 1 fully saturated rings. The van der Waals surface area contributed by atoms with Crippen LogP contribution in [0.2, 0.25) is 0 Å². The van der Waals surface area contributed by atoms with Crippen LogP contribution in [0.5, 0.6) is 5.75 Å². The second-order valence-electron chi connectivity index (χ2n) is 7.81. The number of aromatic nitrogens is 3. The number of alkyl halides is 1. The predicted molar refractivity (Wildman–Crippen MR) is 120 cm³/mol. The highest BCUT2D eigenvalue weighted by atomic mass is 79.9. The Morgan fingerprint density at radius 2 is 2.09 bits per heavy atom. The minimum Gasteiger partial charge on any atom is -0.505 e. The van der Waals surface area contributed by atoms with Crippen molar-refractivity contribution in [2.45, 2.75) is 24.4 Å². The van der Waals surface area contributed by atoms with E-state index in [-0.39, 0.29) is 30.8 Å². The molecule has 2 aromatic heterocycles. The van der Waals surface area contributed by atoms with Crippen molar-refractivity contribution < 1.29 is 18.7 Å². The molecule has 0 spiro atoms. The van der Waals surface area contributed by atoms with Gasteiger partial charge in [-0.3, -0.25) is 9.78 Å². The van der Waals surface area contributed by atoms with E-state index in [4.69, 9.17) is 0 Å². The zero-order valence-corrected chi connectivity index (χ0v) is 18.7. The summed E-state index contributed by atoms with van der Waals surface area (Å²) in [4.78, 5) is 16.5. The van der Waals surface area contributed by atoms with E-state index in [0.717, 1.165) is 0 Å². The SMILES string of the molecule is CN(C=O)c1cc(Br)cc(-c2ccc(NCC3(c4ncccc4F)CC(F)C3)nn2)c1O. The largest absolute Gasteiger partial charge is 0.505 e. The molecule has 2 heterocycles. The third-order valence-corrected chi connectivity index (χ3v) is 6.08. The molecule has 166 valence electrons. The summed E-state index contributed by atoms with van der Waals surface area (Å²) in [5, 5.41) is 22.0. The van der Waals surface area contributed by atoms with Crippen LogP contribution < -0.4 is 10.2 Å². The first-order valence-corrected chi connectivity index (χ1v) is 10.7. The van der Waals surface area contributed by atoms with Crippen LogP contribution in [0.1, 0.15) is 18.5 Å². The van der Waals surface area contributed by atoms with Crippen molar-refractivity contribution in [1.82, 2.24) is 15.2 Å². The lowest BCUT2D eigenvalue weighted by Crippen LogP contribution is -2.49. The number of benzene rings is 1. The molecule has 0 atom stereocenters. The standard InChI is InChI=1S/C22H20BrF2N5O2/c1-30(12-31)18-8-13(23)7-15(20(18)32)17-4-5-19(29-28-17)27-11-22(9-14(24)10-22)21-16(25)3-2-6-26-21/h2-8,12,14,32H,9-11H2,1H3,(H,27,29). The highest BCUT2D eigenvalue weighted by Gasteiger charge is 2.48. The highest BCUT2D eigenvalue weighted by Crippen LogP contribution is 2.45. The Kier molecular flexibility index (Phi) is 6.05. The Hall–Kier alpha value is -3.14.